The van der Waals surface area contributed by atoms with Crippen molar-refractivity contribution in [1.82, 2.24) is 14.5 Å². The van der Waals surface area contributed by atoms with Gasteiger partial charge in [0.15, 0.2) is 11.9 Å². The molecule has 0 saturated carbocycles. The van der Waals surface area contributed by atoms with E-state index in [-0.39, 0.29) is 43.5 Å². The number of nitrogens with one attached hydrogen (secondary N) is 1. The van der Waals surface area contributed by atoms with E-state index in [0.717, 1.165) is 26.6 Å². The van der Waals surface area contributed by atoms with Crippen molar-refractivity contribution in [2.45, 2.75) is 37.7 Å². The molecular weight excluding hydrogens is 616 g/mol. The highest BCUT2D eigenvalue weighted by molar-refractivity contribution is 7.89. The van der Waals surface area contributed by atoms with Crippen LogP contribution in [-0.2, 0) is 21.2 Å². The Kier molecular flexibility index (Phi) is 9.33. The van der Waals surface area contributed by atoms with E-state index in [1.165, 1.54) is 10.5 Å². The molecule has 0 bridgehead atoms. The summed E-state index contributed by atoms with van der Waals surface area (Å²) in [6.45, 7) is 6.49. The molecule has 1 N–H and O–H groups in total. The van der Waals surface area contributed by atoms with Crippen molar-refractivity contribution >= 4 is 44.4 Å². The Labute approximate surface area is 267 Å². The first-order chi connectivity index (χ1) is 21.3. The molecule has 10 nitrogen and oxygen atoms in total. The number of alkyl carbamates (subject to hydrolysis) is 1. The van der Waals surface area contributed by atoms with Gasteiger partial charge in [-0.3, -0.25) is 4.79 Å². The number of rotatable bonds is 7. The van der Waals surface area contributed by atoms with Crippen LogP contribution in [0, 0.1) is 5.21 Å². The summed E-state index contributed by atoms with van der Waals surface area (Å²) in [4.78, 5) is 27.0. The number of aromatic nitrogens is 1. The van der Waals surface area contributed by atoms with E-state index in [1.54, 1.807) is 86.3 Å². The first-order valence-electron chi connectivity index (χ1n) is 14.6. The van der Waals surface area contributed by atoms with Crippen LogP contribution in [0.25, 0.3) is 21.9 Å². The average molecular weight is 651 g/mol. The Balaban J connectivity index is 1.19. The lowest BCUT2D eigenvalue weighted by Crippen LogP contribution is -2.50. The molecule has 12 heteroatoms. The molecule has 0 unspecified atom stereocenters. The summed E-state index contributed by atoms with van der Waals surface area (Å²) in [6.07, 6.45) is 1.18. The van der Waals surface area contributed by atoms with Crippen molar-refractivity contribution in [3.63, 3.8) is 0 Å². The zero-order chi connectivity index (χ0) is 32.4. The molecule has 0 spiro atoms. The van der Waals surface area contributed by atoms with Crippen LogP contribution in [0.3, 0.4) is 0 Å². The van der Waals surface area contributed by atoms with E-state index in [4.69, 9.17) is 16.3 Å². The van der Waals surface area contributed by atoms with Crippen molar-refractivity contribution in [3.8, 4) is 11.1 Å². The number of nitrogens with zero attached hydrogens (tertiary/aromatic N) is 3. The van der Waals surface area contributed by atoms with E-state index < -0.39 is 21.7 Å². The van der Waals surface area contributed by atoms with Crippen LogP contribution in [0.1, 0.15) is 36.8 Å². The minimum atomic E-state index is -3.73. The van der Waals surface area contributed by atoms with E-state index in [2.05, 4.69) is 5.32 Å². The number of hydrogen-bond donors (Lipinski definition) is 1. The van der Waals surface area contributed by atoms with Gasteiger partial charge in [0.1, 0.15) is 5.60 Å². The second-order valence-electron chi connectivity index (χ2n) is 11.8. The quantitative estimate of drug-likeness (QED) is 0.222. The van der Waals surface area contributed by atoms with Gasteiger partial charge < -0.3 is 20.2 Å². The van der Waals surface area contributed by atoms with Crippen LogP contribution in [0.5, 0.6) is 0 Å². The number of halogens is 1. The fourth-order valence-electron chi connectivity index (χ4n) is 5.13. The van der Waals surface area contributed by atoms with Gasteiger partial charge in [-0.25, -0.2) is 13.2 Å². The Morgan fingerprint density at radius 3 is 2.27 bits per heavy atom. The maximum Gasteiger partial charge on any atom is 0.407 e. The molecule has 45 heavy (non-hydrogen) atoms. The number of piperazine rings is 1. The number of carbonyl (C=O) groups excluding carboxylic acids is 2. The Morgan fingerprint density at radius 2 is 1.58 bits per heavy atom. The van der Waals surface area contributed by atoms with Gasteiger partial charge in [0.05, 0.1) is 11.3 Å². The van der Waals surface area contributed by atoms with Crippen LogP contribution in [0.15, 0.2) is 83.9 Å². The van der Waals surface area contributed by atoms with Gasteiger partial charge in [-0.1, -0.05) is 35.9 Å². The molecule has 5 rings (SSSR count). The SMILES string of the molecule is CC(C)(C)OC(=O)NCCc1cc(-c2ccc(C(=O)N3CCN(S(=O)(=O)c4ccc5cc(Cl)ccc5c4)CC3)cc2)cc[n+]1[O-]. The second kappa shape index (κ2) is 13.0. The lowest BCUT2D eigenvalue weighted by atomic mass is 10.0. The van der Waals surface area contributed by atoms with E-state index in [0.29, 0.717) is 22.7 Å². The molecule has 3 aromatic carbocycles. The molecule has 0 radical (unpaired) electrons. The number of sulfonamides is 1. The summed E-state index contributed by atoms with van der Waals surface area (Å²) in [5, 5.41) is 17.2. The third-order valence-corrected chi connectivity index (χ3v) is 9.58. The highest BCUT2D eigenvalue weighted by Gasteiger charge is 2.30. The molecule has 1 aromatic heterocycles. The van der Waals surface area contributed by atoms with Gasteiger partial charge in [-0.05, 0) is 79.1 Å². The van der Waals surface area contributed by atoms with Crippen LogP contribution < -0.4 is 10.0 Å². The molecule has 2 heterocycles. The third kappa shape index (κ3) is 7.73. The van der Waals surface area contributed by atoms with Crippen molar-refractivity contribution in [2.75, 3.05) is 32.7 Å². The van der Waals surface area contributed by atoms with Crippen molar-refractivity contribution in [1.29, 1.82) is 0 Å². The van der Waals surface area contributed by atoms with Gasteiger partial charge >= 0.3 is 6.09 Å². The predicted molar refractivity (Wildman–Crippen MR) is 172 cm³/mol. The Hall–Kier alpha value is -4.19. The molecule has 1 aliphatic heterocycles. The number of pyridine rings is 1. The van der Waals surface area contributed by atoms with Crippen LogP contribution >= 0.6 is 11.6 Å². The van der Waals surface area contributed by atoms with Gasteiger partial charge in [-0.2, -0.15) is 9.04 Å². The standard InChI is InChI=1S/C33H35ClN4O6S/c1-33(2,3)44-32(40)35-14-12-29-21-27(13-15-38(29)41)23-4-6-24(7-5-23)31(39)36-16-18-37(19-17-36)45(42,43)30-11-9-25-20-28(34)10-8-26(25)22-30/h4-11,13,15,20-22H,12,14,16-19H2,1-3H3,(H,35,40). The topological polar surface area (TPSA) is 123 Å². The summed E-state index contributed by atoms with van der Waals surface area (Å²) in [5.74, 6) is -0.180. The van der Waals surface area contributed by atoms with Crippen molar-refractivity contribution < 1.29 is 27.5 Å². The summed E-state index contributed by atoms with van der Waals surface area (Å²) in [5.41, 5.74) is 1.97. The minimum absolute atomic E-state index is 0.180. The monoisotopic (exact) mass is 650 g/mol. The van der Waals surface area contributed by atoms with Crippen molar-refractivity contribution in [2.24, 2.45) is 0 Å². The van der Waals surface area contributed by atoms with Crippen LogP contribution in [-0.4, -0.2) is 67.9 Å². The molecule has 4 aromatic rings. The zero-order valence-corrected chi connectivity index (χ0v) is 26.9. The number of hydrogen-bond acceptors (Lipinski definition) is 6. The van der Waals surface area contributed by atoms with E-state index >= 15 is 0 Å². The molecule has 1 saturated heterocycles. The summed E-state index contributed by atoms with van der Waals surface area (Å²) < 4.78 is 34.1. The van der Waals surface area contributed by atoms with E-state index in [9.17, 15) is 23.2 Å². The zero-order valence-electron chi connectivity index (χ0n) is 25.3. The lowest BCUT2D eigenvalue weighted by molar-refractivity contribution is -0.613. The first-order valence-corrected chi connectivity index (χ1v) is 16.4. The summed E-state index contributed by atoms with van der Waals surface area (Å²) in [7, 11) is -3.73. The van der Waals surface area contributed by atoms with Gasteiger partial charge in [0.25, 0.3) is 5.91 Å². The smallest absolute Gasteiger partial charge is 0.407 e. The third-order valence-electron chi connectivity index (χ3n) is 7.45. The first kappa shape index (κ1) is 32.2. The van der Waals surface area contributed by atoms with Gasteiger partial charge in [-0.15, -0.1) is 0 Å². The molecule has 0 atom stereocenters. The molecule has 2 amide bonds. The number of carbonyl (C=O) groups is 2. The Morgan fingerprint density at radius 1 is 0.911 bits per heavy atom. The van der Waals surface area contributed by atoms with Gasteiger partial charge in [0, 0.05) is 55.4 Å². The summed E-state index contributed by atoms with van der Waals surface area (Å²) in [6, 6.07) is 20.8. The molecule has 1 aliphatic rings. The number of ether oxygens (including phenoxy) is 1. The largest absolute Gasteiger partial charge is 0.619 e. The highest BCUT2D eigenvalue weighted by Crippen LogP contribution is 2.26. The minimum Gasteiger partial charge on any atom is -0.619 e. The lowest BCUT2D eigenvalue weighted by Gasteiger charge is -2.34. The van der Waals surface area contributed by atoms with Gasteiger partial charge in [0.2, 0.25) is 10.0 Å². The van der Waals surface area contributed by atoms with E-state index in [1.807, 2.05) is 12.1 Å². The Bertz CT molecular complexity index is 1830. The fraction of sp³-hybridized carbons (Fsp3) is 0.303. The van der Waals surface area contributed by atoms with Crippen LogP contribution in [0.2, 0.25) is 5.02 Å². The maximum atomic E-state index is 13.4. The van der Waals surface area contributed by atoms with Crippen LogP contribution in [0.4, 0.5) is 4.79 Å². The summed E-state index contributed by atoms with van der Waals surface area (Å²) >= 11 is 6.05. The normalized spacial score (nSPS) is 14.4. The number of amides is 2. The molecule has 0 aliphatic carbocycles. The average Bonchev–Trinajstić information content (AvgIpc) is 3.00. The molecule has 236 valence electrons. The maximum absolute atomic E-state index is 13.4. The highest BCUT2D eigenvalue weighted by atomic mass is 35.5. The predicted octanol–water partition coefficient (Wildman–Crippen LogP) is 5.01. The fourth-order valence-corrected chi connectivity index (χ4v) is 6.77. The molecule has 1 fully saturated rings. The second-order valence-corrected chi connectivity index (χ2v) is 14.2. The van der Waals surface area contributed by atoms with Crippen molar-refractivity contribution in [3.05, 3.63) is 100 Å². The number of fused-ring (bicyclic) bond motifs is 1. The number of benzene rings is 3. The molecular formula is C33H35ClN4O6S.